The van der Waals surface area contributed by atoms with Crippen LogP contribution in [0.15, 0.2) is 91.0 Å². The van der Waals surface area contributed by atoms with E-state index in [1.807, 2.05) is 29.2 Å². The number of likely N-dealkylation sites (tertiary alicyclic amines) is 1. The first-order chi connectivity index (χ1) is 20.7. The summed E-state index contributed by atoms with van der Waals surface area (Å²) in [6.45, 7) is 7.74. The predicted molar refractivity (Wildman–Crippen MR) is 170 cm³/mol. The van der Waals surface area contributed by atoms with E-state index in [1.54, 1.807) is 36.4 Å². The average Bonchev–Trinajstić information content (AvgIpc) is 3.00. The summed E-state index contributed by atoms with van der Waals surface area (Å²) >= 11 is 6.08. The number of hydrogen-bond acceptors (Lipinski definition) is 5. The van der Waals surface area contributed by atoms with Gasteiger partial charge in [0.25, 0.3) is 0 Å². The highest BCUT2D eigenvalue weighted by atomic mass is 35.5. The van der Waals surface area contributed by atoms with Gasteiger partial charge < -0.3 is 19.1 Å². The Bertz CT molecular complexity index is 1560. The highest BCUT2D eigenvalue weighted by Crippen LogP contribution is 2.35. The molecule has 0 radical (unpaired) electrons. The molecule has 0 aromatic heterocycles. The number of carbonyl (C=O) groups is 2. The van der Waals surface area contributed by atoms with Gasteiger partial charge in [-0.2, -0.15) is 0 Å². The van der Waals surface area contributed by atoms with Crippen molar-refractivity contribution in [1.82, 2.24) is 4.90 Å². The van der Waals surface area contributed by atoms with E-state index in [0.29, 0.717) is 35.9 Å². The molecule has 4 aromatic rings. The second kappa shape index (κ2) is 13.6. The molecule has 1 fully saturated rings. The molecule has 0 saturated carbocycles. The van der Waals surface area contributed by atoms with Crippen LogP contribution in [0, 0.1) is 5.41 Å². The van der Waals surface area contributed by atoms with Gasteiger partial charge in [-0.25, -0.2) is 9.59 Å². The number of ether oxygens (including phenoxy) is 3. The van der Waals surface area contributed by atoms with Gasteiger partial charge in [-0.15, -0.1) is 0 Å². The number of carbonyl (C=O) groups excluding carboxylic acids is 2. The van der Waals surface area contributed by atoms with Crippen molar-refractivity contribution in [1.29, 1.82) is 0 Å². The smallest absolute Gasteiger partial charge is 0.415 e. The molecule has 1 aliphatic rings. The van der Waals surface area contributed by atoms with Gasteiger partial charge >= 0.3 is 12.1 Å². The number of esters is 1. The maximum Gasteiger partial charge on any atom is 0.415 e. The van der Waals surface area contributed by atoms with Crippen molar-refractivity contribution in [2.24, 2.45) is 5.41 Å². The number of piperidine rings is 1. The van der Waals surface area contributed by atoms with Crippen molar-refractivity contribution in [3.8, 4) is 5.75 Å². The number of rotatable bonds is 8. The minimum absolute atomic E-state index is 0.108. The van der Waals surface area contributed by atoms with E-state index in [1.165, 1.54) is 10.8 Å². The molecule has 7 heteroatoms. The zero-order chi connectivity index (χ0) is 30.4. The molecule has 5 rings (SSSR count). The molecule has 1 amide bonds. The summed E-state index contributed by atoms with van der Waals surface area (Å²) in [6, 6.07) is 28.7. The first kappa shape index (κ1) is 30.6. The molecule has 6 nitrogen and oxygen atoms in total. The first-order valence-electron chi connectivity index (χ1n) is 14.8. The Morgan fingerprint density at radius 1 is 0.884 bits per heavy atom. The van der Waals surface area contributed by atoms with E-state index in [-0.39, 0.29) is 30.3 Å². The largest absolute Gasteiger partial charge is 0.462 e. The first-order valence-corrected chi connectivity index (χ1v) is 15.2. The van der Waals surface area contributed by atoms with E-state index in [0.717, 1.165) is 24.0 Å². The summed E-state index contributed by atoms with van der Waals surface area (Å²) in [6.07, 6.45) is 1.77. The molecule has 1 saturated heterocycles. The molecule has 0 aliphatic carbocycles. The Morgan fingerprint density at radius 2 is 1.58 bits per heavy atom. The van der Waals surface area contributed by atoms with E-state index in [2.05, 4.69) is 51.1 Å². The van der Waals surface area contributed by atoms with Crippen LogP contribution in [-0.4, -0.2) is 42.3 Å². The number of nitrogens with zero attached hydrogens (tertiary/aromatic N) is 1. The molecule has 1 heterocycles. The average molecular weight is 600 g/mol. The van der Waals surface area contributed by atoms with Crippen LogP contribution in [0.3, 0.4) is 0 Å². The standard InChI is InChI=1S/C36H38ClNO5/c1-36(2,3)33-32(42-24-26-14-17-27-9-4-5-10-28(27)23-26)13-8-21-38(33)35(40)43-29-18-15-25(16-19-29)20-22-41-34(39)30-11-6-7-12-31(30)37/h4-7,9-12,14-19,23,32-33H,8,13,20-22,24H2,1-3H3. The third-order valence-electron chi connectivity index (χ3n) is 7.82. The lowest BCUT2D eigenvalue weighted by molar-refractivity contribution is -0.0760. The van der Waals surface area contributed by atoms with Crippen molar-refractivity contribution in [2.75, 3.05) is 13.2 Å². The maximum atomic E-state index is 13.5. The van der Waals surface area contributed by atoms with Crippen LogP contribution in [0.4, 0.5) is 4.79 Å². The van der Waals surface area contributed by atoms with Crippen molar-refractivity contribution in [3.05, 3.63) is 113 Å². The van der Waals surface area contributed by atoms with Crippen LogP contribution >= 0.6 is 11.6 Å². The van der Waals surface area contributed by atoms with Gasteiger partial charge in [0, 0.05) is 13.0 Å². The van der Waals surface area contributed by atoms with Gasteiger partial charge in [-0.05, 0) is 70.5 Å². The maximum absolute atomic E-state index is 13.5. The lowest BCUT2D eigenvalue weighted by atomic mass is 9.79. The summed E-state index contributed by atoms with van der Waals surface area (Å²) in [7, 11) is 0. The Hall–Kier alpha value is -3.87. The molecule has 4 aromatic carbocycles. The van der Waals surface area contributed by atoms with Crippen molar-refractivity contribution in [3.63, 3.8) is 0 Å². The summed E-state index contributed by atoms with van der Waals surface area (Å²) in [5.41, 5.74) is 2.21. The third-order valence-corrected chi connectivity index (χ3v) is 8.15. The lowest BCUT2D eigenvalue weighted by Gasteiger charge is -2.47. The predicted octanol–water partition coefficient (Wildman–Crippen LogP) is 8.49. The molecular weight excluding hydrogens is 562 g/mol. The molecule has 1 aliphatic heterocycles. The van der Waals surface area contributed by atoms with Gasteiger partial charge in [-0.1, -0.05) is 93.0 Å². The van der Waals surface area contributed by atoms with Gasteiger partial charge in [0.05, 0.1) is 35.9 Å². The Kier molecular flexibility index (Phi) is 9.69. The fourth-order valence-electron chi connectivity index (χ4n) is 5.75. The van der Waals surface area contributed by atoms with E-state index < -0.39 is 5.97 Å². The van der Waals surface area contributed by atoms with Crippen LogP contribution in [0.5, 0.6) is 5.75 Å². The fourth-order valence-corrected chi connectivity index (χ4v) is 5.96. The quantitative estimate of drug-likeness (QED) is 0.190. The summed E-state index contributed by atoms with van der Waals surface area (Å²) in [5, 5.41) is 2.76. The SMILES string of the molecule is CC(C)(C)C1C(OCc2ccc3ccccc3c2)CCCN1C(=O)Oc1ccc(CCOC(=O)c2ccccc2Cl)cc1. The highest BCUT2D eigenvalue weighted by molar-refractivity contribution is 6.33. The Balaban J connectivity index is 1.17. The molecule has 2 unspecified atom stereocenters. The fraction of sp³-hybridized carbons (Fsp3) is 0.333. The topological polar surface area (TPSA) is 65.1 Å². The molecule has 2 atom stereocenters. The van der Waals surface area contributed by atoms with Crippen LogP contribution in [0.1, 0.15) is 55.1 Å². The van der Waals surface area contributed by atoms with Gasteiger partial charge in [0.15, 0.2) is 0 Å². The number of halogens is 1. The monoisotopic (exact) mass is 599 g/mol. The van der Waals surface area contributed by atoms with E-state index >= 15 is 0 Å². The number of benzene rings is 4. The summed E-state index contributed by atoms with van der Waals surface area (Å²) in [5.74, 6) is 0.0132. The molecule has 224 valence electrons. The van der Waals surface area contributed by atoms with Crippen LogP contribution < -0.4 is 4.74 Å². The van der Waals surface area contributed by atoms with Gasteiger partial charge in [-0.3, -0.25) is 0 Å². The molecular formula is C36H38ClNO5. The minimum Gasteiger partial charge on any atom is -0.462 e. The highest BCUT2D eigenvalue weighted by Gasteiger charge is 2.43. The number of hydrogen-bond donors (Lipinski definition) is 0. The second-order valence-corrected chi connectivity index (χ2v) is 12.5. The summed E-state index contributed by atoms with van der Waals surface area (Å²) < 4.78 is 17.7. The van der Waals surface area contributed by atoms with Crippen LogP contribution in [-0.2, 0) is 22.5 Å². The zero-order valence-electron chi connectivity index (χ0n) is 24.9. The van der Waals surface area contributed by atoms with E-state index in [4.69, 9.17) is 25.8 Å². The van der Waals surface area contributed by atoms with Crippen molar-refractivity contribution in [2.45, 2.75) is 58.8 Å². The zero-order valence-corrected chi connectivity index (χ0v) is 25.7. The normalized spacial score (nSPS) is 17.1. The second-order valence-electron chi connectivity index (χ2n) is 12.1. The Labute approximate surface area is 258 Å². The molecule has 0 bridgehead atoms. The minimum atomic E-state index is -0.453. The molecule has 0 N–H and O–H groups in total. The van der Waals surface area contributed by atoms with E-state index in [9.17, 15) is 9.59 Å². The van der Waals surface area contributed by atoms with Crippen LogP contribution in [0.25, 0.3) is 10.8 Å². The van der Waals surface area contributed by atoms with Crippen molar-refractivity contribution >= 4 is 34.4 Å². The third kappa shape index (κ3) is 7.75. The summed E-state index contributed by atoms with van der Waals surface area (Å²) in [4.78, 5) is 27.6. The lowest BCUT2D eigenvalue weighted by Crippen LogP contribution is -2.58. The Morgan fingerprint density at radius 3 is 2.33 bits per heavy atom. The molecule has 0 spiro atoms. The number of amides is 1. The van der Waals surface area contributed by atoms with Gasteiger partial charge in [0.1, 0.15) is 5.75 Å². The van der Waals surface area contributed by atoms with Gasteiger partial charge in [0.2, 0.25) is 0 Å². The number of fused-ring (bicyclic) bond motifs is 1. The van der Waals surface area contributed by atoms with Crippen molar-refractivity contribution < 1.29 is 23.8 Å². The van der Waals surface area contributed by atoms with Crippen LogP contribution in [0.2, 0.25) is 5.02 Å². The molecule has 43 heavy (non-hydrogen) atoms.